The molecule has 2 rings (SSSR count). The lowest BCUT2D eigenvalue weighted by Gasteiger charge is -2.20. The van der Waals surface area contributed by atoms with E-state index >= 15 is 0 Å². The molecule has 0 aliphatic carbocycles. The molecule has 8 heteroatoms. The van der Waals surface area contributed by atoms with Crippen molar-refractivity contribution >= 4 is 45.2 Å². The number of rotatable bonds is 6. The number of hydrogen-bond donors (Lipinski definition) is 2. The van der Waals surface area contributed by atoms with E-state index in [1.807, 2.05) is 20.1 Å². The molecular formula is C12H16N4O2S2. The molecule has 6 nitrogen and oxygen atoms in total. The Morgan fingerprint density at radius 1 is 1.55 bits per heavy atom. The third-order valence-corrected chi connectivity index (χ3v) is 5.15. The van der Waals surface area contributed by atoms with Crippen LogP contribution in [0.15, 0.2) is 10.7 Å². The number of hydrogen-bond acceptors (Lipinski definition) is 7. The van der Waals surface area contributed by atoms with Crippen molar-refractivity contribution in [3.05, 3.63) is 6.33 Å². The van der Waals surface area contributed by atoms with Crippen LogP contribution in [-0.4, -0.2) is 38.3 Å². The molecule has 2 heterocycles. The molecule has 0 bridgehead atoms. The number of aliphatic carboxylic acids is 1. The summed E-state index contributed by atoms with van der Waals surface area (Å²) in [7, 11) is 0. The van der Waals surface area contributed by atoms with Crippen molar-refractivity contribution in [1.29, 1.82) is 0 Å². The molecule has 0 saturated carbocycles. The van der Waals surface area contributed by atoms with Crippen LogP contribution in [0.3, 0.4) is 0 Å². The summed E-state index contributed by atoms with van der Waals surface area (Å²) in [6.45, 7) is 3.88. The van der Waals surface area contributed by atoms with Crippen molar-refractivity contribution in [2.45, 2.75) is 30.6 Å². The normalized spacial score (nSPS) is 14.2. The van der Waals surface area contributed by atoms with Gasteiger partial charge in [0, 0.05) is 0 Å². The average molecular weight is 312 g/mol. The maximum absolute atomic E-state index is 11.4. The van der Waals surface area contributed by atoms with Crippen LogP contribution in [0.25, 0.3) is 10.3 Å². The second-order valence-corrected chi connectivity index (χ2v) is 6.46. The summed E-state index contributed by atoms with van der Waals surface area (Å²) in [5.41, 5.74) is 0.602. The third kappa shape index (κ3) is 3.01. The van der Waals surface area contributed by atoms with E-state index in [0.29, 0.717) is 11.5 Å². The lowest BCUT2D eigenvalue weighted by atomic mass is 9.99. The molecule has 0 spiro atoms. The number of anilines is 1. The smallest absolute Gasteiger partial charge is 0.326 e. The Kier molecular flexibility index (Phi) is 4.77. The number of carbonyl (C=O) groups is 1. The first-order valence-corrected chi connectivity index (χ1v) is 8.25. The zero-order chi connectivity index (χ0) is 14.7. The van der Waals surface area contributed by atoms with Gasteiger partial charge in [-0.15, -0.1) is 11.3 Å². The molecule has 20 heavy (non-hydrogen) atoms. The van der Waals surface area contributed by atoms with Gasteiger partial charge in [0.15, 0.2) is 9.99 Å². The number of nitrogens with zero attached hydrogens (tertiary/aromatic N) is 3. The van der Waals surface area contributed by atoms with Crippen LogP contribution in [-0.2, 0) is 4.79 Å². The van der Waals surface area contributed by atoms with E-state index in [1.54, 1.807) is 0 Å². The first-order valence-electron chi connectivity index (χ1n) is 6.21. The van der Waals surface area contributed by atoms with E-state index in [4.69, 9.17) is 0 Å². The minimum absolute atomic E-state index is 0.00505. The molecule has 2 aromatic rings. The van der Waals surface area contributed by atoms with Gasteiger partial charge >= 0.3 is 5.97 Å². The Labute approximate surface area is 125 Å². The number of thioether (sulfide) groups is 1. The summed E-state index contributed by atoms with van der Waals surface area (Å²) in [6, 6.07) is -0.669. The number of carboxylic acids is 1. The summed E-state index contributed by atoms with van der Waals surface area (Å²) in [6.07, 6.45) is 4.12. The molecule has 0 fully saturated rings. The first kappa shape index (κ1) is 15.0. The highest BCUT2D eigenvalue weighted by atomic mass is 32.2. The molecule has 0 unspecified atom stereocenters. The number of nitrogens with one attached hydrogen (secondary N) is 1. The zero-order valence-electron chi connectivity index (χ0n) is 11.5. The zero-order valence-corrected chi connectivity index (χ0v) is 13.1. The minimum Gasteiger partial charge on any atom is -0.480 e. The van der Waals surface area contributed by atoms with Gasteiger partial charge in [-0.25, -0.2) is 19.7 Å². The van der Waals surface area contributed by atoms with Gasteiger partial charge in [0.1, 0.15) is 22.9 Å². The van der Waals surface area contributed by atoms with Crippen LogP contribution < -0.4 is 5.32 Å². The van der Waals surface area contributed by atoms with Gasteiger partial charge in [0.05, 0.1) is 0 Å². The highest BCUT2D eigenvalue weighted by Crippen LogP contribution is 2.31. The second kappa shape index (κ2) is 6.36. The maximum Gasteiger partial charge on any atom is 0.326 e. The SMILES string of the molecule is CC[C@H](C)[C@H](Nc1ncnc2nc(SC)sc12)C(=O)O. The van der Waals surface area contributed by atoms with E-state index in [2.05, 4.69) is 20.3 Å². The molecule has 2 N–H and O–H groups in total. The van der Waals surface area contributed by atoms with Crippen LogP contribution >= 0.6 is 23.1 Å². The highest BCUT2D eigenvalue weighted by Gasteiger charge is 2.25. The molecule has 0 aromatic carbocycles. The number of fused-ring (bicyclic) bond motifs is 1. The Morgan fingerprint density at radius 3 is 2.90 bits per heavy atom. The van der Waals surface area contributed by atoms with Crippen molar-refractivity contribution < 1.29 is 9.90 Å². The monoisotopic (exact) mass is 312 g/mol. The highest BCUT2D eigenvalue weighted by molar-refractivity contribution is 8.00. The van der Waals surface area contributed by atoms with Gasteiger partial charge in [-0.05, 0) is 12.2 Å². The molecule has 0 amide bonds. The second-order valence-electron chi connectivity index (χ2n) is 4.40. The van der Waals surface area contributed by atoms with E-state index < -0.39 is 12.0 Å². The Hall–Kier alpha value is -1.41. The fourth-order valence-electron chi connectivity index (χ4n) is 1.76. The third-order valence-electron chi connectivity index (χ3n) is 3.12. The quantitative estimate of drug-likeness (QED) is 0.793. The molecule has 0 aliphatic rings. The molecule has 2 aromatic heterocycles. The van der Waals surface area contributed by atoms with Crippen molar-refractivity contribution in [2.24, 2.45) is 5.92 Å². The van der Waals surface area contributed by atoms with Gasteiger partial charge < -0.3 is 10.4 Å². The van der Waals surface area contributed by atoms with E-state index in [0.717, 1.165) is 15.5 Å². The Bertz CT molecular complexity index is 617. The van der Waals surface area contributed by atoms with Crippen LogP contribution in [0.4, 0.5) is 5.82 Å². The molecular weight excluding hydrogens is 296 g/mol. The van der Waals surface area contributed by atoms with Crippen LogP contribution in [0.5, 0.6) is 0 Å². The molecule has 0 radical (unpaired) electrons. The van der Waals surface area contributed by atoms with Crippen LogP contribution in [0.2, 0.25) is 0 Å². The summed E-state index contributed by atoms with van der Waals surface area (Å²) >= 11 is 3.00. The molecule has 2 atom stereocenters. The van der Waals surface area contributed by atoms with Crippen LogP contribution in [0, 0.1) is 5.92 Å². The fourth-order valence-corrected chi connectivity index (χ4v) is 3.22. The Balaban J connectivity index is 2.36. The average Bonchev–Trinajstić information content (AvgIpc) is 2.87. The number of thiazole rings is 1. The Morgan fingerprint density at radius 2 is 2.30 bits per heavy atom. The van der Waals surface area contributed by atoms with Gasteiger partial charge in [0.2, 0.25) is 0 Å². The lowest BCUT2D eigenvalue weighted by molar-refractivity contribution is -0.139. The summed E-state index contributed by atoms with van der Waals surface area (Å²) in [5, 5.41) is 12.4. The first-order chi connectivity index (χ1) is 9.56. The van der Waals surface area contributed by atoms with E-state index in [1.165, 1.54) is 29.4 Å². The summed E-state index contributed by atoms with van der Waals surface area (Å²) in [5.74, 6) is -0.327. The van der Waals surface area contributed by atoms with Crippen molar-refractivity contribution in [3.8, 4) is 0 Å². The largest absolute Gasteiger partial charge is 0.480 e. The maximum atomic E-state index is 11.4. The lowest BCUT2D eigenvalue weighted by Crippen LogP contribution is -2.35. The van der Waals surface area contributed by atoms with Crippen molar-refractivity contribution in [3.63, 3.8) is 0 Å². The predicted molar refractivity (Wildman–Crippen MR) is 81.5 cm³/mol. The molecule has 0 saturated heterocycles. The number of aromatic nitrogens is 3. The van der Waals surface area contributed by atoms with E-state index in [9.17, 15) is 9.90 Å². The number of carboxylic acid groups (broad SMARTS) is 1. The predicted octanol–water partition coefficient (Wildman–Crippen LogP) is 2.72. The van der Waals surface area contributed by atoms with Gasteiger partial charge in [-0.2, -0.15) is 0 Å². The summed E-state index contributed by atoms with van der Waals surface area (Å²) < 4.78 is 1.69. The van der Waals surface area contributed by atoms with E-state index in [-0.39, 0.29) is 5.92 Å². The van der Waals surface area contributed by atoms with Gasteiger partial charge in [-0.3, -0.25) is 0 Å². The standard InChI is InChI=1S/C12H16N4O2S2/c1-4-6(2)7(11(17)18)15-9-8-10(14-5-13-9)16-12(19-3)20-8/h5-7H,4H2,1-3H3,(H,17,18)(H,13,14,15)/t6-,7-/m0/s1. The van der Waals surface area contributed by atoms with Gasteiger partial charge in [-0.1, -0.05) is 32.0 Å². The van der Waals surface area contributed by atoms with Crippen LogP contribution in [0.1, 0.15) is 20.3 Å². The molecule has 0 aliphatic heterocycles. The minimum atomic E-state index is -0.874. The summed E-state index contributed by atoms with van der Waals surface area (Å²) in [4.78, 5) is 24.0. The fraction of sp³-hybridized carbons (Fsp3) is 0.500. The van der Waals surface area contributed by atoms with Gasteiger partial charge in [0.25, 0.3) is 0 Å². The van der Waals surface area contributed by atoms with Crippen molar-refractivity contribution in [1.82, 2.24) is 15.0 Å². The molecule has 108 valence electrons. The van der Waals surface area contributed by atoms with Crippen molar-refractivity contribution in [2.75, 3.05) is 11.6 Å². The topological polar surface area (TPSA) is 88.0 Å².